The number of carbonyl (C=O) groups is 2. The minimum absolute atomic E-state index is 0.0168. The summed E-state index contributed by atoms with van der Waals surface area (Å²) in [6, 6.07) is 6.61. The van der Waals surface area contributed by atoms with Crippen LogP contribution in [-0.2, 0) is 16.8 Å². The molecule has 0 unspecified atom stereocenters. The van der Waals surface area contributed by atoms with Gasteiger partial charge in [0.15, 0.2) is 23.1 Å². The van der Waals surface area contributed by atoms with Gasteiger partial charge >= 0.3 is 5.97 Å². The minimum Gasteiger partial charge on any atom is -0.490 e. The van der Waals surface area contributed by atoms with Crippen LogP contribution < -0.4 is 14.2 Å². The summed E-state index contributed by atoms with van der Waals surface area (Å²) in [5, 5.41) is 8.52. The van der Waals surface area contributed by atoms with E-state index < -0.39 is 11.8 Å². The topological polar surface area (TPSA) is 88.9 Å². The summed E-state index contributed by atoms with van der Waals surface area (Å²) in [5.41, 5.74) is 1.48. The van der Waals surface area contributed by atoms with Gasteiger partial charge in [0, 0.05) is 24.6 Å². The van der Waals surface area contributed by atoms with E-state index in [0.29, 0.717) is 23.5 Å². The summed E-state index contributed by atoms with van der Waals surface area (Å²) in [6.45, 7) is 11.5. The zero-order chi connectivity index (χ0) is 25.2. The summed E-state index contributed by atoms with van der Waals surface area (Å²) in [4.78, 5) is 26.1. The van der Waals surface area contributed by atoms with E-state index in [1.54, 1.807) is 38.1 Å². The molecule has 7 nitrogen and oxygen atoms in total. The highest BCUT2D eigenvalue weighted by atomic mass is 19.1. The van der Waals surface area contributed by atoms with Crippen molar-refractivity contribution in [1.29, 1.82) is 5.41 Å². The first-order chi connectivity index (χ1) is 16.0. The monoisotopic (exact) mass is 470 g/mol. The molecule has 2 aromatic rings. The quantitative estimate of drug-likeness (QED) is 0.336. The highest BCUT2D eigenvalue weighted by molar-refractivity contribution is 6.06. The minimum atomic E-state index is -0.650. The second-order valence-corrected chi connectivity index (χ2v) is 9.10. The lowest BCUT2D eigenvalue weighted by Crippen LogP contribution is -2.30. The van der Waals surface area contributed by atoms with E-state index in [9.17, 15) is 9.59 Å². The smallest absolute Gasteiger partial charge is 0.308 e. The second-order valence-electron chi connectivity index (χ2n) is 9.10. The van der Waals surface area contributed by atoms with Gasteiger partial charge in [0.05, 0.1) is 25.3 Å². The van der Waals surface area contributed by atoms with Crippen LogP contribution in [0.4, 0.5) is 4.39 Å². The number of benzene rings is 2. The number of Topliss-reactive ketones (excluding diaryl/α,β-unsaturated/α-hetero) is 1. The first-order valence-electron chi connectivity index (χ1n) is 11.3. The van der Waals surface area contributed by atoms with Gasteiger partial charge in [-0.25, -0.2) is 4.39 Å². The predicted octanol–water partition coefficient (Wildman–Crippen LogP) is 4.87. The van der Waals surface area contributed by atoms with Crippen molar-refractivity contribution in [1.82, 2.24) is 4.90 Å². The van der Waals surface area contributed by atoms with Crippen molar-refractivity contribution in [3.8, 4) is 17.2 Å². The molecule has 1 N–H and O–H groups in total. The molecule has 0 fully saturated rings. The maximum atomic E-state index is 15.3. The van der Waals surface area contributed by atoms with E-state index in [1.807, 2.05) is 20.8 Å². The van der Waals surface area contributed by atoms with Crippen molar-refractivity contribution in [2.45, 2.75) is 53.5 Å². The maximum Gasteiger partial charge on any atom is 0.308 e. The number of hydrogen-bond acceptors (Lipinski definition) is 6. The van der Waals surface area contributed by atoms with E-state index in [0.717, 1.165) is 5.56 Å². The summed E-state index contributed by atoms with van der Waals surface area (Å²) in [7, 11) is 0. The van der Waals surface area contributed by atoms with Gasteiger partial charge in [0.25, 0.3) is 0 Å². The normalized spacial score (nSPS) is 13.0. The molecule has 8 heteroatoms. The molecule has 1 aliphatic heterocycles. The van der Waals surface area contributed by atoms with E-state index >= 15 is 4.39 Å². The van der Waals surface area contributed by atoms with Crippen molar-refractivity contribution >= 4 is 17.6 Å². The Labute approximate surface area is 199 Å². The molecule has 0 radical (unpaired) electrons. The summed E-state index contributed by atoms with van der Waals surface area (Å²) >= 11 is 0. The van der Waals surface area contributed by atoms with Gasteiger partial charge in [-0.15, -0.1) is 0 Å². The number of esters is 1. The lowest BCUT2D eigenvalue weighted by atomic mass is 9.85. The third kappa shape index (κ3) is 5.05. The largest absolute Gasteiger partial charge is 0.490 e. The van der Waals surface area contributed by atoms with Gasteiger partial charge in [0.1, 0.15) is 11.6 Å². The van der Waals surface area contributed by atoms with Crippen LogP contribution in [0, 0.1) is 11.2 Å². The average Bonchev–Trinajstić information content (AvgIpc) is 3.05. The fourth-order valence-electron chi connectivity index (χ4n) is 3.96. The van der Waals surface area contributed by atoms with E-state index in [2.05, 4.69) is 0 Å². The third-order valence-corrected chi connectivity index (χ3v) is 5.47. The molecule has 2 aromatic carbocycles. The highest BCUT2D eigenvalue weighted by Crippen LogP contribution is 2.39. The molecule has 0 saturated heterocycles. The van der Waals surface area contributed by atoms with E-state index in [-0.39, 0.29) is 53.8 Å². The SMILES string of the molecule is CCOc1cc2c(c(F)c1OCC)C(=N)N(CC(=O)c1ccc(OC(C)=O)c(C(C)(C)C)c1)C2. The van der Waals surface area contributed by atoms with Gasteiger partial charge in [-0.05, 0) is 49.1 Å². The molecule has 0 aromatic heterocycles. The van der Waals surface area contributed by atoms with Crippen molar-refractivity contribution in [2.24, 2.45) is 0 Å². The number of hydrogen-bond donors (Lipinski definition) is 1. The van der Waals surface area contributed by atoms with Crippen LogP contribution in [0.15, 0.2) is 24.3 Å². The van der Waals surface area contributed by atoms with Crippen LogP contribution in [0.3, 0.4) is 0 Å². The summed E-state index contributed by atoms with van der Waals surface area (Å²) in [6.07, 6.45) is 0. The van der Waals surface area contributed by atoms with Crippen molar-refractivity contribution in [3.63, 3.8) is 0 Å². The van der Waals surface area contributed by atoms with Crippen molar-refractivity contribution < 1.29 is 28.2 Å². The van der Waals surface area contributed by atoms with Gasteiger partial charge in [0.2, 0.25) is 0 Å². The lowest BCUT2D eigenvalue weighted by Gasteiger charge is -2.23. The Balaban J connectivity index is 1.88. The molecule has 0 atom stereocenters. The number of fused-ring (bicyclic) bond motifs is 1. The molecule has 34 heavy (non-hydrogen) atoms. The van der Waals surface area contributed by atoms with Gasteiger partial charge < -0.3 is 19.1 Å². The fourth-order valence-corrected chi connectivity index (χ4v) is 3.96. The van der Waals surface area contributed by atoms with Crippen LogP contribution in [0.25, 0.3) is 0 Å². The predicted molar refractivity (Wildman–Crippen MR) is 127 cm³/mol. The Morgan fingerprint density at radius 1 is 1.09 bits per heavy atom. The molecule has 0 spiro atoms. The van der Waals surface area contributed by atoms with Crippen molar-refractivity contribution in [3.05, 3.63) is 52.3 Å². The van der Waals surface area contributed by atoms with Crippen LogP contribution >= 0.6 is 0 Å². The second kappa shape index (κ2) is 9.83. The number of halogens is 1. The molecule has 1 heterocycles. The third-order valence-electron chi connectivity index (χ3n) is 5.47. The fraction of sp³-hybridized carbons (Fsp3) is 0.423. The molecular weight excluding hydrogens is 439 g/mol. The maximum absolute atomic E-state index is 15.3. The van der Waals surface area contributed by atoms with E-state index in [4.69, 9.17) is 19.6 Å². The van der Waals surface area contributed by atoms with Gasteiger partial charge in [-0.1, -0.05) is 20.8 Å². The Morgan fingerprint density at radius 3 is 2.35 bits per heavy atom. The van der Waals surface area contributed by atoms with Crippen LogP contribution in [0.1, 0.15) is 68.6 Å². The van der Waals surface area contributed by atoms with Crippen LogP contribution in [0.5, 0.6) is 17.2 Å². The first-order valence-corrected chi connectivity index (χ1v) is 11.3. The number of nitrogens with zero attached hydrogens (tertiary/aromatic N) is 1. The molecule has 0 saturated carbocycles. The summed E-state index contributed by atoms with van der Waals surface area (Å²) in [5.74, 6) is -0.706. The number of carbonyl (C=O) groups excluding carboxylic acids is 2. The molecule has 3 rings (SSSR count). The standard InChI is InChI=1S/C26H31FN2O5/c1-7-32-21-12-17-13-29(25(28)22(17)23(27)24(21)33-8-2)14-19(31)16-9-10-20(34-15(3)30)18(11-16)26(4,5)6/h9-12,28H,7-8,13-14H2,1-6H3. The molecule has 1 aliphatic rings. The number of ketones is 1. The molecule has 0 bridgehead atoms. The Morgan fingerprint density at radius 2 is 1.76 bits per heavy atom. The molecule has 0 amide bonds. The van der Waals surface area contributed by atoms with Crippen LogP contribution in [0.2, 0.25) is 0 Å². The highest BCUT2D eigenvalue weighted by Gasteiger charge is 2.33. The van der Waals surface area contributed by atoms with Gasteiger partial charge in [-0.3, -0.25) is 15.0 Å². The molecule has 0 aliphatic carbocycles. The first kappa shape index (κ1) is 25.2. The van der Waals surface area contributed by atoms with E-state index in [1.165, 1.54) is 11.8 Å². The Kier molecular flexibility index (Phi) is 7.29. The number of amidine groups is 1. The number of nitrogens with one attached hydrogen (secondary N) is 1. The number of ether oxygens (including phenoxy) is 3. The zero-order valence-electron chi connectivity index (χ0n) is 20.5. The summed E-state index contributed by atoms with van der Waals surface area (Å²) < 4.78 is 31.6. The van der Waals surface area contributed by atoms with Crippen LogP contribution in [-0.4, -0.2) is 42.2 Å². The number of rotatable bonds is 8. The molecular formula is C26H31FN2O5. The Bertz CT molecular complexity index is 1140. The van der Waals surface area contributed by atoms with Gasteiger partial charge in [-0.2, -0.15) is 0 Å². The zero-order valence-corrected chi connectivity index (χ0v) is 20.5. The Hall–Kier alpha value is -3.42. The molecule has 182 valence electrons. The van der Waals surface area contributed by atoms with Crippen molar-refractivity contribution in [2.75, 3.05) is 19.8 Å². The average molecular weight is 471 g/mol. The lowest BCUT2D eigenvalue weighted by molar-refractivity contribution is -0.131.